The Morgan fingerprint density at radius 3 is 1.65 bits per heavy atom. The third-order valence-electron chi connectivity index (χ3n) is 4.88. The quantitative estimate of drug-likeness (QED) is 0.512. The zero-order chi connectivity index (χ0) is 25.8. The maximum absolute atomic E-state index is 16.8. The zero-order valence-corrected chi connectivity index (χ0v) is 21.6. The van der Waals surface area contributed by atoms with Crippen LogP contribution in [0.25, 0.3) is 0 Å². The summed E-state index contributed by atoms with van der Waals surface area (Å²) in [6, 6.07) is 12.0. The minimum Gasteiger partial charge on any atom is -0.444 e. The number of rotatable bonds is 9. The Morgan fingerprint density at radius 1 is 0.882 bits per heavy atom. The van der Waals surface area contributed by atoms with Gasteiger partial charge in [0, 0.05) is 12.5 Å². The van der Waals surface area contributed by atoms with E-state index in [0.29, 0.717) is 0 Å². The van der Waals surface area contributed by atoms with Gasteiger partial charge in [-0.3, -0.25) is 0 Å². The molecule has 0 aliphatic rings. The van der Waals surface area contributed by atoms with Gasteiger partial charge < -0.3 is 10.1 Å². The maximum atomic E-state index is 16.8. The highest BCUT2D eigenvalue weighted by molar-refractivity contribution is 8.10. The van der Waals surface area contributed by atoms with Crippen LogP contribution in [-0.4, -0.2) is 38.9 Å². The van der Waals surface area contributed by atoms with E-state index in [2.05, 4.69) is 5.32 Å². The van der Waals surface area contributed by atoms with E-state index in [9.17, 15) is 21.6 Å². The van der Waals surface area contributed by atoms with Crippen LogP contribution in [0.1, 0.15) is 47.5 Å². The number of benzene rings is 2. The summed E-state index contributed by atoms with van der Waals surface area (Å²) in [5.74, 6) is -0.108. The predicted octanol–water partition coefficient (Wildman–Crippen LogP) is 4.89. The van der Waals surface area contributed by atoms with Gasteiger partial charge in [-0.25, -0.2) is 26.0 Å². The Hall–Kier alpha value is -2.46. The summed E-state index contributed by atoms with van der Waals surface area (Å²) in [7, 11) is -10.1. The molecule has 0 fully saturated rings. The van der Waals surface area contributed by atoms with Gasteiger partial charge in [0.15, 0.2) is 0 Å². The molecule has 0 radical (unpaired) electrons. The summed E-state index contributed by atoms with van der Waals surface area (Å²) in [4.78, 5) is 11.5. The molecule has 2 aromatic carbocycles. The van der Waals surface area contributed by atoms with Crippen molar-refractivity contribution in [3.8, 4) is 0 Å². The summed E-state index contributed by atoms with van der Waals surface area (Å²) < 4.78 is 72.4. The molecule has 2 aromatic rings. The van der Waals surface area contributed by atoms with Crippen LogP contribution in [0.5, 0.6) is 0 Å². The van der Waals surface area contributed by atoms with Crippen LogP contribution < -0.4 is 5.32 Å². The van der Waals surface area contributed by atoms with E-state index in [1.165, 1.54) is 36.4 Å². The van der Waals surface area contributed by atoms with Crippen molar-refractivity contribution < 1.29 is 30.8 Å². The van der Waals surface area contributed by atoms with Crippen molar-refractivity contribution in [1.82, 2.24) is 5.32 Å². The number of halogens is 1. The zero-order valence-electron chi connectivity index (χ0n) is 20.0. The first-order valence-corrected chi connectivity index (χ1v) is 13.8. The summed E-state index contributed by atoms with van der Waals surface area (Å²) in [5, 5.41) is 2.48. The van der Waals surface area contributed by atoms with Crippen molar-refractivity contribution in [2.24, 2.45) is 5.92 Å². The molecule has 0 spiro atoms. The van der Waals surface area contributed by atoms with Crippen molar-refractivity contribution in [3.05, 3.63) is 60.7 Å². The Morgan fingerprint density at radius 2 is 1.29 bits per heavy atom. The fourth-order valence-corrected chi connectivity index (χ4v) is 7.75. The fraction of sp³-hybridized carbons (Fsp3) is 0.458. The van der Waals surface area contributed by atoms with E-state index in [1.807, 2.05) is 0 Å². The van der Waals surface area contributed by atoms with Gasteiger partial charge in [-0.15, -0.1) is 0 Å². The average Bonchev–Trinajstić information content (AvgIpc) is 2.72. The number of alkyl carbamates (subject to hydrolysis) is 1. The molecule has 0 bridgehead atoms. The third-order valence-corrected chi connectivity index (χ3v) is 9.92. The van der Waals surface area contributed by atoms with Crippen LogP contribution in [-0.2, 0) is 24.4 Å². The van der Waals surface area contributed by atoms with E-state index in [-0.39, 0.29) is 12.3 Å². The number of alkyl halides is 1. The Balaban J connectivity index is 2.63. The monoisotopic (exact) mass is 513 g/mol. The first-order valence-electron chi connectivity index (χ1n) is 10.9. The summed E-state index contributed by atoms with van der Waals surface area (Å²) >= 11 is 0. The molecule has 1 N–H and O–H groups in total. The first-order chi connectivity index (χ1) is 15.6. The molecule has 0 aromatic heterocycles. The molecule has 0 aliphatic heterocycles. The normalized spacial score (nSPS) is 14.0. The lowest BCUT2D eigenvalue weighted by atomic mass is 10.0. The molecular weight excluding hydrogens is 481 g/mol. The molecule has 1 atom stereocenters. The van der Waals surface area contributed by atoms with E-state index < -0.39 is 58.0 Å². The molecule has 10 heteroatoms. The van der Waals surface area contributed by atoms with Crippen molar-refractivity contribution in [2.75, 3.05) is 0 Å². The largest absolute Gasteiger partial charge is 0.444 e. The Labute approximate surface area is 201 Å². The number of sulfone groups is 2. The molecule has 7 nitrogen and oxygen atoms in total. The van der Waals surface area contributed by atoms with E-state index >= 15 is 4.39 Å². The van der Waals surface area contributed by atoms with Crippen LogP contribution in [0.3, 0.4) is 0 Å². The second-order valence-corrected chi connectivity index (χ2v) is 14.0. The molecule has 0 saturated carbocycles. The standard InChI is InChI=1S/C24H32FNO6S2/c1-18(2)16-19(26-22(27)32-23(3,4)5)17-24(25,33(28,29)20-12-8-6-9-13-20)34(30,31)21-14-10-7-11-15-21/h6-15,18-19H,16-17H2,1-5H3,(H,26,27)/t19-/m0/s1. The molecule has 0 aliphatic carbocycles. The van der Waals surface area contributed by atoms with E-state index in [0.717, 1.165) is 24.3 Å². The van der Waals surface area contributed by atoms with Crippen LogP contribution in [0.4, 0.5) is 9.18 Å². The number of ether oxygens (including phenoxy) is 1. The van der Waals surface area contributed by atoms with Crippen LogP contribution >= 0.6 is 0 Å². The maximum Gasteiger partial charge on any atom is 0.407 e. The molecule has 0 unspecified atom stereocenters. The van der Waals surface area contributed by atoms with Gasteiger partial charge in [-0.05, 0) is 57.4 Å². The van der Waals surface area contributed by atoms with Crippen molar-refractivity contribution >= 4 is 25.8 Å². The number of amides is 1. The van der Waals surface area contributed by atoms with Gasteiger partial charge in [0.1, 0.15) is 5.60 Å². The Bertz CT molecular complexity index is 1110. The molecule has 0 saturated heterocycles. The summed E-state index contributed by atoms with van der Waals surface area (Å²) in [6.07, 6.45) is -1.78. The van der Waals surface area contributed by atoms with Crippen molar-refractivity contribution in [1.29, 1.82) is 0 Å². The number of hydrogen-bond acceptors (Lipinski definition) is 6. The number of nitrogens with one attached hydrogen (secondary N) is 1. The van der Waals surface area contributed by atoms with Gasteiger partial charge in [0.2, 0.25) is 19.7 Å². The minimum absolute atomic E-state index is 0.108. The molecular formula is C24H32FNO6S2. The second-order valence-electron chi connectivity index (χ2n) is 9.47. The lowest BCUT2D eigenvalue weighted by molar-refractivity contribution is 0.0489. The van der Waals surface area contributed by atoms with Crippen LogP contribution in [0.15, 0.2) is 70.5 Å². The number of carbonyl (C=O) groups is 1. The van der Waals surface area contributed by atoms with Crippen molar-refractivity contribution in [2.45, 2.75) is 73.2 Å². The highest BCUT2D eigenvalue weighted by atomic mass is 32.3. The van der Waals surface area contributed by atoms with Crippen molar-refractivity contribution in [3.63, 3.8) is 0 Å². The third kappa shape index (κ3) is 6.35. The molecule has 1 amide bonds. The molecule has 34 heavy (non-hydrogen) atoms. The van der Waals surface area contributed by atoms with Gasteiger partial charge in [-0.2, -0.15) is 0 Å². The highest BCUT2D eigenvalue weighted by Gasteiger charge is 2.58. The van der Waals surface area contributed by atoms with Gasteiger partial charge >= 0.3 is 10.4 Å². The van der Waals surface area contributed by atoms with Gasteiger partial charge in [0.05, 0.1) is 9.79 Å². The average molecular weight is 514 g/mol. The first kappa shape index (κ1) is 27.8. The summed E-state index contributed by atoms with van der Waals surface area (Å²) in [5.41, 5.74) is -0.856. The van der Waals surface area contributed by atoms with Crippen LogP contribution in [0, 0.1) is 5.92 Å². The lowest BCUT2D eigenvalue weighted by Gasteiger charge is -2.31. The lowest BCUT2D eigenvalue weighted by Crippen LogP contribution is -2.49. The smallest absolute Gasteiger partial charge is 0.407 e. The predicted molar refractivity (Wildman–Crippen MR) is 128 cm³/mol. The van der Waals surface area contributed by atoms with Gasteiger partial charge in [-0.1, -0.05) is 50.2 Å². The molecule has 2 rings (SSSR count). The number of hydrogen-bond donors (Lipinski definition) is 1. The second kappa shape index (κ2) is 10.4. The van der Waals surface area contributed by atoms with E-state index in [1.54, 1.807) is 34.6 Å². The minimum atomic E-state index is -5.05. The van der Waals surface area contributed by atoms with Crippen LogP contribution in [0.2, 0.25) is 0 Å². The number of carbonyl (C=O) groups excluding carboxylic acids is 1. The fourth-order valence-electron chi connectivity index (χ4n) is 3.45. The summed E-state index contributed by atoms with van der Waals surface area (Å²) in [6.45, 7) is 8.51. The topological polar surface area (TPSA) is 107 Å². The highest BCUT2D eigenvalue weighted by Crippen LogP contribution is 2.41. The van der Waals surface area contributed by atoms with E-state index in [4.69, 9.17) is 4.74 Å². The Kier molecular flexibility index (Phi) is 8.53. The molecule has 0 heterocycles. The SMILES string of the molecule is CC(C)C[C@@H](CC(F)(S(=O)(=O)c1ccccc1)S(=O)(=O)c1ccccc1)NC(=O)OC(C)(C)C. The molecule has 188 valence electrons. The van der Waals surface area contributed by atoms with Gasteiger partial charge in [0.25, 0.3) is 0 Å².